The van der Waals surface area contributed by atoms with Gasteiger partial charge in [-0.3, -0.25) is 19.3 Å². The molecular weight excluding hydrogens is 392 g/mol. The van der Waals surface area contributed by atoms with Crippen LogP contribution < -0.4 is 0 Å². The summed E-state index contributed by atoms with van der Waals surface area (Å²) in [7, 11) is 0. The van der Waals surface area contributed by atoms with Gasteiger partial charge in [-0.2, -0.15) is 11.8 Å². The van der Waals surface area contributed by atoms with E-state index in [1.54, 1.807) is 42.3 Å². The molecule has 0 bridgehead atoms. The van der Waals surface area contributed by atoms with Gasteiger partial charge in [0, 0.05) is 18.8 Å². The lowest BCUT2D eigenvalue weighted by molar-refractivity contribution is -0.161. The number of thioether (sulfide) groups is 1. The van der Waals surface area contributed by atoms with Crippen LogP contribution in [0.3, 0.4) is 0 Å². The van der Waals surface area contributed by atoms with E-state index in [0.717, 1.165) is 30.6 Å². The number of imide groups is 1. The van der Waals surface area contributed by atoms with E-state index in [1.165, 1.54) is 11.8 Å². The lowest BCUT2D eigenvalue weighted by Gasteiger charge is -2.27. The number of hydrogen-bond donors (Lipinski definition) is 0. The highest BCUT2D eigenvalue weighted by atomic mass is 32.2. The normalized spacial score (nSPS) is 18.8. The van der Waals surface area contributed by atoms with Crippen LogP contribution in [0, 0.1) is 0 Å². The summed E-state index contributed by atoms with van der Waals surface area (Å²) >= 11 is 1.33. The van der Waals surface area contributed by atoms with Crippen molar-refractivity contribution in [3.05, 3.63) is 35.4 Å². The Bertz CT molecular complexity index is 769. The van der Waals surface area contributed by atoms with E-state index in [9.17, 15) is 19.2 Å². The monoisotopic (exact) mass is 418 g/mol. The van der Waals surface area contributed by atoms with Gasteiger partial charge in [-0.05, 0) is 38.2 Å². The first-order valence-corrected chi connectivity index (χ1v) is 11.3. The van der Waals surface area contributed by atoms with E-state index in [2.05, 4.69) is 0 Å². The van der Waals surface area contributed by atoms with Gasteiger partial charge < -0.3 is 9.64 Å². The fraction of sp³-hybridized carbons (Fsp3) is 0.524. The Morgan fingerprint density at radius 1 is 1.03 bits per heavy atom. The van der Waals surface area contributed by atoms with Gasteiger partial charge in [0.2, 0.25) is 0 Å². The number of ether oxygens (including phenoxy) is 1. The summed E-state index contributed by atoms with van der Waals surface area (Å²) in [5.41, 5.74) is 0.565. The SMILES string of the molecule is CSC[C@H](C(=O)O[C@H](C)C(=O)N1CCCCCC1)N1C(=O)c2ccccc2C1=O. The maximum Gasteiger partial charge on any atom is 0.331 e. The van der Waals surface area contributed by atoms with Crippen LogP contribution in [0.5, 0.6) is 0 Å². The minimum atomic E-state index is -1.07. The van der Waals surface area contributed by atoms with Gasteiger partial charge in [-0.1, -0.05) is 25.0 Å². The predicted octanol–water partition coefficient (Wildman–Crippen LogP) is 2.35. The summed E-state index contributed by atoms with van der Waals surface area (Å²) in [5.74, 6) is -1.77. The summed E-state index contributed by atoms with van der Waals surface area (Å²) in [6.45, 7) is 2.87. The van der Waals surface area contributed by atoms with Crippen molar-refractivity contribution in [1.29, 1.82) is 0 Å². The molecule has 2 aliphatic heterocycles. The topological polar surface area (TPSA) is 84.0 Å². The van der Waals surface area contributed by atoms with E-state index < -0.39 is 29.9 Å². The van der Waals surface area contributed by atoms with Crippen LogP contribution in [0.4, 0.5) is 0 Å². The molecule has 1 aromatic rings. The third-order valence-electron chi connectivity index (χ3n) is 5.29. The summed E-state index contributed by atoms with van der Waals surface area (Å²) < 4.78 is 5.44. The Labute approximate surface area is 174 Å². The molecule has 2 aliphatic rings. The molecular formula is C21H26N2O5S. The zero-order valence-corrected chi connectivity index (χ0v) is 17.6. The van der Waals surface area contributed by atoms with Crippen molar-refractivity contribution in [2.24, 2.45) is 0 Å². The number of hydrogen-bond acceptors (Lipinski definition) is 6. The largest absolute Gasteiger partial charge is 0.451 e. The molecule has 8 heteroatoms. The summed E-state index contributed by atoms with van der Waals surface area (Å²) in [5, 5.41) is 0. The lowest BCUT2D eigenvalue weighted by Crippen LogP contribution is -2.49. The highest BCUT2D eigenvalue weighted by molar-refractivity contribution is 7.98. The van der Waals surface area contributed by atoms with Gasteiger partial charge in [0.15, 0.2) is 6.10 Å². The summed E-state index contributed by atoms with van der Waals surface area (Å²) in [6.07, 6.45) is 4.89. The first-order chi connectivity index (χ1) is 14.0. The quantitative estimate of drug-likeness (QED) is 0.521. The van der Waals surface area contributed by atoms with Crippen molar-refractivity contribution >= 4 is 35.5 Å². The van der Waals surface area contributed by atoms with Gasteiger partial charge in [-0.25, -0.2) is 4.79 Å². The summed E-state index contributed by atoms with van der Waals surface area (Å²) in [6, 6.07) is 5.43. The molecule has 0 N–H and O–H groups in total. The Morgan fingerprint density at radius 3 is 2.10 bits per heavy atom. The molecule has 1 aromatic carbocycles. The third-order valence-corrected chi connectivity index (χ3v) is 5.94. The highest BCUT2D eigenvalue weighted by Crippen LogP contribution is 2.26. The Balaban J connectivity index is 1.72. The van der Waals surface area contributed by atoms with Crippen molar-refractivity contribution in [3.8, 4) is 0 Å². The molecule has 2 atom stereocenters. The zero-order valence-electron chi connectivity index (χ0n) is 16.8. The molecule has 0 aromatic heterocycles. The van der Waals surface area contributed by atoms with Gasteiger partial charge >= 0.3 is 5.97 Å². The second kappa shape index (κ2) is 9.43. The van der Waals surface area contributed by atoms with Gasteiger partial charge in [0.25, 0.3) is 17.7 Å². The number of rotatable bonds is 6. The lowest BCUT2D eigenvalue weighted by atomic mass is 10.1. The molecule has 7 nitrogen and oxygen atoms in total. The minimum Gasteiger partial charge on any atom is -0.451 e. The number of amides is 3. The molecule has 3 rings (SSSR count). The molecule has 1 saturated heterocycles. The molecule has 0 spiro atoms. The van der Waals surface area contributed by atoms with Crippen molar-refractivity contribution in [1.82, 2.24) is 9.80 Å². The molecule has 0 radical (unpaired) electrons. The van der Waals surface area contributed by atoms with Gasteiger partial charge in [0.05, 0.1) is 11.1 Å². The second-order valence-electron chi connectivity index (χ2n) is 7.32. The standard InChI is InChI=1S/C21H26N2O5S/c1-14(18(24)22-11-7-3-4-8-12-22)28-21(27)17(13-29-2)23-19(25)15-9-5-6-10-16(15)20(23)26/h5-6,9-10,14,17H,3-4,7-8,11-13H2,1-2H3/t14-,17-/m1/s1. The van der Waals surface area contributed by atoms with E-state index in [-0.39, 0.29) is 22.8 Å². The number of benzene rings is 1. The van der Waals surface area contributed by atoms with E-state index >= 15 is 0 Å². The van der Waals surface area contributed by atoms with Crippen molar-refractivity contribution in [2.75, 3.05) is 25.1 Å². The first-order valence-electron chi connectivity index (χ1n) is 9.91. The molecule has 156 valence electrons. The Morgan fingerprint density at radius 2 is 1.59 bits per heavy atom. The van der Waals surface area contributed by atoms with E-state index in [1.807, 2.05) is 0 Å². The molecule has 0 aliphatic carbocycles. The van der Waals surface area contributed by atoms with Crippen LogP contribution in [-0.2, 0) is 14.3 Å². The number of esters is 1. The molecule has 29 heavy (non-hydrogen) atoms. The minimum absolute atomic E-state index is 0.203. The molecule has 1 fully saturated rings. The van der Waals surface area contributed by atoms with Crippen LogP contribution in [0.2, 0.25) is 0 Å². The average molecular weight is 419 g/mol. The average Bonchev–Trinajstić information content (AvgIpc) is 2.90. The molecule has 0 saturated carbocycles. The van der Waals surface area contributed by atoms with Crippen molar-refractivity contribution < 1.29 is 23.9 Å². The maximum absolute atomic E-state index is 12.9. The van der Waals surface area contributed by atoms with Crippen LogP contribution >= 0.6 is 11.8 Å². The van der Waals surface area contributed by atoms with Crippen LogP contribution in [-0.4, -0.2) is 70.7 Å². The zero-order chi connectivity index (χ0) is 21.0. The van der Waals surface area contributed by atoms with Crippen LogP contribution in [0.15, 0.2) is 24.3 Å². The number of nitrogens with zero attached hydrogens (tertiary/aromatic N) is 2. The Hall–Kier alpha value is -2.35. The fourth-order valence-electron chi connectivity index (χ4n) is 3.75. The number of carbonyl (C=O) groups excluding carboxylic acids is 4. The highest BCUT2D eigenvalue weighted by Gasteiger charge is 2.43. The molecule has 0 unspecified atom stereocenters. The van der Waals surface area contributed by atoms with Gasteiger partial charge in [0.1, 0.15) is 6.04 Å². The number of likely N-dealkylation sites (tertiary alicyclic amines) is 1. The van der Waals surface area contributed by atoms with Crippen molar-refractivity contribution in [3.63, 3.8) is 0 Å². The maximum atomic E-state index is 12.9. The number of carbonyl (C=O) groups is 4. The first kappa shape index (κ1) is 21.4. The smallest absolute Gasteiger partial charge is 0.331 e. The molecule has 3 amide bonds. The summed E-state index contributed by atoms with van der Waals surface area (Å²) in [4.78, 5) is 53.8. The predicted molar refractivity (Wildman–Crippen MR) is 110 cm³/mol. The van der Waals surface area contributed by atoms with Crippen molar-refractivity contribution in [2.45, 2.75) is 44.8 Å². The van der Waals surface area contributed by atoms with Crippen LogP contribution in [0.1, 0.15) is 53.3 Å². The Kier molecular flexibility index (Phi) is 6.95. The van der Waals surface area contributed by atoms with Crippen LogP contribution in [0.25, 0.3) is 0 Å². The fourth-order valence-corrected chi connectivity index (χ4v) is 4.35. The molecule has 2 heterocycles. The third kappa shape index (κ3) is 4.47. The van der Waals surface area contributed by atoms with E-state index in [0.29, 0.717) is 13.1 Å². The van der Waals surface area contributed by atoms with E-state index in [4.69, 9.17) is 4.74 Å². The van der Waals surface area contributed by atoms with Gasteiger partial charge in [-0.15, -0.1) is 0 Å². The number of fused-ring (bicyclic) bond motifs is 1. The second-order valence-corrected chi connectivity index (χ2v) is 8.23.